The van der Waals surface area contributed by atoms with Gasteiger partial charge in [0.25, 0.3) is 0 Å². The Morgan fingerprint density at radius 1 is 1.26 bits per heavy atom. The Hall–Kier alpha value is -0.243. The minimum absolute atomic E-state index is 0.0435. The molecular weight excluding hydrogens is 349 g/mol. The van der Waals surface area contributed by atoms with Gasteiger partial charge in [-0.25, -0.2) is 17.2 Å². The van der Waals surface area contributed by atoms with E-state index in [1.54, 1.807) is 0 Å². The van der Waals surface area contributed by atoms with Crippen LogP contribution in [-0.2, 0) is 10.0 Å². The van der Waals surface area contributed by atoms with Crippen LogP contribution in [0.2, 0.25) is 18.1 Å². The zero-order chi connectivity index (χ0) is 15.1. The van der Waals surface area contributed by atoms with Crippen molar-refractivity contribution in [3.8, 4) is 0 Å². The zero-order valence-electron chi connectivity index (χ0n) is 11.7. The van der Waals surface area contributed by atoms with Crippen molar-refractivity contribution in [1.82, 2.24) is 4.39 Å². The Bertz CT molecular complexity index is 582. The van der Waals surface area contributed by atoms with E-state index < -0.39 is 24.1 Å². The summed E-state index contributed by atoms with van der Waals surface area (Å²) in [6, 6.07) is 3.82. The van der Waals surface area contributed by atoms with Gasteiger partial charge in [-0.05, 0) is 39.2 Å². The van der Waals surface area contributed by atoms with E-state index in [2.05, 4.69) is 20.3 Å². The molecule has 0 radical (unpaired) electrons. The van der Waals surface area contributed by atoms with Crippen LogP contribution in [0.15, 0.2) is 27.6 Å². The molecule has 0 unspecified atom stereocenters. The summed E-state index contributed by atoms with van der Waals surface area (Å²) in [7, 11) is -5.92. The van der Waals surface area contributed by atoms with Crippen molar-refractivity contribution in [1.29, 1.82) is 0 Å². The summed E-state index contributed by atoms with van der Waals surface area (Å²) in [6.45, 7) is 9.90. The first-order chi connectivity index (χ1) is 8.37. The van der Waals surface area contributed by atoms with Crippen LogP contribution in [0.5, 0.6) is 0 Å². The predicted molar refractivity (Wildman–Crippen MR) is 81.6 cm³/mol. The monoisotopic (exact) mass is 367 g/mol. The predicted octanol–water partition coefficient (Wildman–Crippen LogP) is 3.87. The molecule has 3 nitrogen and oxygen atoms in total. The molecule has 0 aliphatic rings. The first-order valence-corrected chi connectivity index (χ1v) is 11.1. The van der Waals surface area contributed by atoms with Gasteiger partial charge in [-0.3, -0.25) is 0 Å². The van der Waals surface area contributed by atoms with Crippen molar-refractivity contribution < 1.29 is 12.8 Å². The third-order valence-corrected chi connectivity index (χ3v) is 11.8. The van der Waals surface area contributed by atoms with Gasteiger partial charge < -0.3 is 0 Å². The number of benzene rings is 1. The highest BCUT2D eigenvalue weighted by Crippen LogP contribution is 2.35. The van der Waals surface area contributed by atoms with Gasteiger partial charge in [-0.15, -0.1) is 0 Å². The van der Waals surface area contributed by atoms with Gasteiger partial charge in [0.15, 0.2) is 0 Å². The Kier molecular flexibility index (Phi) is 4.66. The Morgan fingerprint density at radius 2 is 1.79 bits per heavy atom. The Balaban J connectivity index is 3.16. The lowest BCUT2D eigenvalue weighted by Crippen LogP contribution is -2.54. The van der Waals surface area contributed by atoms with Crippen LogP contribution >= 0.6 is 15.9 Å². The van der Waals surface area contributed by atoms with Crippen molar-refractivity contribution in [2.45, 2.75) is 43.8 Å². The van der Waals surface area contributed by atoms with Crippen LogP contribution in [0.1, 0.15) is 20.8 Å². The van der Waals surface area contributed by atoms with Crippen LogP contribution in [0.25, 0.3) is 0 Å². The molecule has 0 fully saturated rings. The molecule has 1 N–H and O–H groups in total. The molecule has 0 aliphatic heterocycles. The molecule has 1 aromatic carbocycles. The van der Waals surface area contributed by atoms with Crippen molar-refractivity contribution in [2.75, 3.05) is 0 Å². The summed E-state index contributed by atoms with van der Waals surface area (Å²) in [5.41, 5.74) is 0. The third-order valence-electron chi connectivity index (χ3n) is 3.47. The Labute approximate surface area is 123 Å². The van der Waals surface area contributed by atoms with Gasteiger partial charge in [0, 0.05) is 0 Å². The number of rotatable bonds is 3. The molecule has 0 saturated heterocycles. The number of sulfonamides is 1. The van der Waals surface area contributed by atoms with E-state index in [1.165, 1.54) is 12.1 Å². The lowest BCUT2D eigenvalue weighted by atomic mass is 10.2. The third kappa shape index (κ3) is 3.87. The number of hydrogen-bond donors (Lipinski definition) is 1. The summed E-state index contributed by atoms with van der Waals surface area (Å²) in [5, 5.41) is -0.131. The van der Waals surface area contributed by atoms with E-state index in [4.69, 9.17) is 0 Å². The molecule has 0 aromatic heterocycles. The van der Waals surface area contributed by atoms with Gasteiger partial charge in [0.2, 0.25) is 10.0 Å². The molecule has 0 atom stereocenters. The number of halogens is 2. The summed E-state index contributed by atoms with van der Waals surface area (Å²) in [5.74, 6) is -0.585. The van der Waals surface area contributed by atoms with E-state index in [9.17, 15) is 12.8 Å². The van der Waals surface area contributed by atoms with Gasteiger partial charge in [-0.1, -0.05) is 33.9 Å². The topological polar surface area (TPSA) is 46.2 Å². The minimum atomic E-state index is -3.69. The highest BCUT2D eigenvalue weighted by Gasteiger charge is 2.39. The van der Waals surface area contributed by atoms with E-state index in [1.807, 2.05) is 33.9 Å². The van der Waals surface area contributed by atoms with Crippen LogP contribution in [0.3, 0.4) is 0 Å². The molecule has 1 aromatic rings. The van der Waals surface area contributed by atoms with Crippen LogP contribution in [-0.4, -0.2) is 16.7 Å². The highest BCUT2D eigenvalue weighted by molar-refractivity contribution is 9.10. The van der Waals surface area contributed by atoms with Crippen molar-refractivity contribution in [3.63, 3.8) is 0 Å². The fraction of sp³-hybridized carbons (Fsp3) is 0.500. The van der Waals surface area contributed by atoms with Crippen molar-refractivity contribution >= 4 is 34.2 Å². The molecule has 0 spiro atoms. The summed E-state index contributed by atoms with van der Waals surface area (Å²) < 4.78 is 41.1. The average molecular weight is 368 g/mol. The van der Waals surface area contributed by atoms with Gasteiger partial charge in [0.1, 0.15) is 14.1 Å². The van der Waals surface area contributed by atoms with E-state index in [0.29, 0.717) is 0 Å². The minimum Gasteiger partial charge on any atom is -0.233 e. The highest BCUT2D eigenvalue weighted by atomic mass is 79.9. The van der Waals surface area contributed by atoms with Crippen LogP contribution in [0.4, 0.5) is 4.39 Å². The van der Waals surface area contributed by atoms with Crippen LogP contribution < -0.4 is 4.39 Å². The van der Waals surface area contributed by atoms with Gasteiger partial charge in [0.05, 0.1) is 9.37 Å². The van der Waals surface area contributed by atoms with Crippen molar-refractivity contribution in [3.05, 3.63) is 28.5 Å². The second kappa shape index (κ2) is 5.27. The maximum Gasteiger partial charge on any atom is 0.234 e. The maximum absolute atomic E-state index is 13.4. The molecule has 108 valence electrons. The lowest BCUT2D eigenvalue weighted by Gasteiger charge is -2.36. The largest absolute Gasteiger partial charge is 0.234 e. The normalized spacial score (nSPS) is 13.6. The second-order valence-electron chi connectivity index (χ2n) is 6.06. The molecule has 19 heavy (non-hydrogen) atoms. The fourth-order valence-electron chi connectivity index (χ4n) is 1.19. The molecule has 0 amide bonds. The quantitative estimate of drug-likeness (QED) is 0.824. The SMILES string of the molecule is CC(C)(C)[Si](C)(C)NS(=O)(=O)c1ccc(Br)c(F)c1. The summed E-state index contributed by atoms with van der Waals surface area (Å²) in [4.78, 5) is -0.0435. The van der Waals surface area contributed by atoms with E-state index in [-0.39, 0.29) is 14.4 Å². The first-order valence-electron chi connectivity index (χ1n) is 5.86. The molecular formula is C12H19BrFNO2SSi. The van der Waals surface area contributed by atoms with E-state index >= 15 is 0 Å². The number of hydrogen-bond acceptors (Lipinski definition) is 2. The molecule has 0 heterocycles. The van der Waals surface area contributed by atoms with Gasteiger partial charge in [-0.2, -0.15) is 0 Å². The first kappa shape index (κ1) is 16.8. The van der Waals surface area contributed by atoms with Crippen LogP contribution in [0, 0.1) is 5.82 Å². The zero-order valence-corrected chi connectivity index (χ0v) is 15.1. The lowest BCUT2D eigenvalue weighted by molar-refractivity contribution is 0.584. The van der Waals surface area contributed by atoms with E-state index in [0.717, 1.165) is 6.07 Å². The van der Waals surface area contributed by atoms with Gasteiger partial charge >= 0.3 is 0 Å². The van der Waals surface area contributed by atoms with Crippen molar-refractivity contribution in [2.24, 2.45) is 0 Å². The standard InChI is InChI=1S/C12H19BrFNO2SSi/c1-12(2,3)19(4,5)15-18(16,17)9-6-7-10(13)11(14)8-9/h6-8,15H,1-5H3. The summed E-state index contributed by atoms with van der Waals surface area (Å²) >= 11 is 3.01. The fourth-order valence-corrected chi connectivity index (χ4v) is 6.33. The average Bonchev–Trinajstić information content (AvgIpc) is 2.18. The molecule has 1 rings (SSSR count). The Morgan fingerprint density at radius 3 is 2.21 bits per heavy atom. The molecule has 0 saturated carbocycles. The molecule has 0 bridgehead atoms. The maximum atomic E-state index is 13.4. The molecule has 0 aliphatic carbocycles. The smallest absolute Gasteiger partial charge is 0.233 e. The molecule has 7 heteroatoms. The number of nitrogens with one attached hydrogen (secondary N) is 1. The summed E-state index contributed by atoms with van der Waals surface area (Å²) in [6.07, 6.45) is 0. The second-order valence-corrected chi connectivity index (χ2v) is 14.0.